The molecule has 2 aliphatic rings. The first-order valence-corrected chi connectivity index (χ1v) is 10.3. The molecule has 1 heterocycles. The van der Waals surface area contributed by atoms with Gasteiger partial charge in [0.15, 0.2) is 0 Å². The molecule has 2 aromatic carbocycles. The summed E-state index contributed by atoms with van der Waals surface area (Å²) < 4.78 is 0. The average molecular weight is 395 g/mol. The number of imide groups is 1. The lowest BCUT2D eigenvalue weighted by Crippen LogP contribution is -2.44. The zero-order chi connectivity index (χ0) is 19.6. The number of carbonyl (C=O) groups is 3. The van der Waals surface area contributed by atoms with Crippen molar-refractivity contribution in [3.8, 4) is 0 Å². The van der Waals surface area contributed by atoms with Crippen LogP contribution >= 0.6 is 11.8 Å². The fraction of sp³-hybridized carbons (Fsp3) is 0.286. The topological polar surface area (TPSA) is 78.5 Å². The van der Waals surface area contributed by atoms with E-state index < -0.39 is 11.6 Å². The minimum atomic E-state index is -1.02. The van der Waals surface area contributed by atoms with Crippen molar-refractivity contribution in [1.29, 1.82) is 0 Å². The molecule has 6 nitrogen and oxygen atoms in total. The summed E-state index contributed by atoms with van der Waals surface area (Å²) in [7, 11) is 0. The van der Waals surface area contributed by atoms with Crippen molar-refractivity contribution in [3.05, 3.63) is 65.7 Å². The van der Waals surface area contributed by atoms with Crippen molar-refractivity contribution in [1.82, 2.24) is 15.5 Å². The van der Waals surface area contributed by atoms with Crippen LogP contribution in [0.15, 0.2) is 59.5 Å². The van der Waals surface area contributed by atoms with E-state index in [0.29, 0.717) is 18.7 Å². The van der Waals surface area contributed by atoms with Crippen molar-refractivity contribution in [2.75, 3.05) is 18.8 Å². The zero-order valence-electron chi connectivity index (χ0n) is 15.3. The molecule has 0 radical (unpaired) electrons. The Morgan fingerprint density at radius 2 is 1.86 bits per heavy atom. The van der Waals surface area contributed by atoms with Gasteiger partial charge in [-0.25, -0.2) is 4.79 Å². The van der Waals surface area contributed by atoms with Crippen molar-refractivity contribution in [3.63, 3.8) is 0 Å². The van der Waals surface area contributed by atoms with Crippen molar-refractivity contribution in [2.24, 2.45) is 0 Å². The highest BCUT2D eigenvalue weighted by molar-refractivity contribution is 7.99. The van der Waals surface area contributed by atoms with E-state index >= 15 is 0 Å². The zero-order valence-corrected chi connectivity index (χ0v) is 16.1. The summed E-state index contributed by atoms with van der Waals surface area (Å²) in [6.07, 6.45) is 1.27. The van der Waals surface area contributed by atoms with Gasteiger partial charge in [-0.1, -0.05) is 42.5 Å². The molecule has 0 aromatic heterocycles. The summed E-state index contributed by atoms with van der Waals surface area (Å²) in [5.74, 6) is 0.0458. The monoisotopic (exact) mass is 395 g/mol. The highest BCUT2D eigenvalue weighted by Gasteiger charge is 2.55. The van der Waals surface area contributed by atoms with Crippen LogP contribution in [0.5, 0.6) is 0 Å². The van der Waals surface area contributed by atoms with Gasteiger partial charge in [0.1, 0.15) is 12.1 Å². The number of nitrogens with one attached hydrogen (secondary N) is 2. The first kappa shape index (κ1) is 18.6. The van der Waals surface area contributed by atoms with E-state index in [9.17, 15) is 14.4 Å². The Morgan fingerprint density at radius 1 is 1.11 bits per heavy atom. The minimum Gasteiger partial charge on any atom is -0.354 e. The van der Waals surface area contributed by atoms with Gasteiger partial charge in [0.05, 0.1) is 0 Å². The van der Waals surface area contributed by atoms with E-state index in [1.54, 1.807) is 11.8 Å². The Kier molecular flexibility index (Phi) is 5.09. The summed E-state index contributed by atoms with van der Waals surface area (Å²) >= 11 is 1.64. The number of hydrogen-bond donors (Lipinski definition) is 2. The first-order chi connectivity index (χ1) is 13.6. The molecular formula is C21H21N3O3S. The molecule has 1 aliphatic carbocycles. The lowest BCUT2D eigenvalue weighted by atomic mass is 9.92. The van der Waals surface area contributed by atoms with Gasteiger partial charge in [-0.15, -0.1) is 11.8 Å². The lowest BCUT2D eigenvalue weighted by molar-refractivity contribution is -0.135. The highest BCUT2D eigenvalue weighted by Crippen LogP contribution is 2.41. The molecule has 144 valence electrons. The van der Waals surface area contributed by atoms with Crippen LogP contribution in [0.3, 0.4) is 0 Å². The van der Waals surface area contributed by atoms with Gasteiger partial charge in [0, 0.05) is 17.2 Å². The van der Waals surface area contributed by atoms with Crippen molar-refractivity contribution < 1.29 is 14.4 Å². The molecule has 4 amide bonds. The van der Waals surface area contributed by atoms with Crippen LogP contribution in [0, 0.1) is 0 Å². The largest absolute Gasteiger partial charge is 0.354 e. The molecule has 2 aromatic rings. The summed E-state index contributed by atoms with van der Waals surface area (Å²) in [5, 5.41) is 5.62. The number of carbonyl (C=O) groups excluding carboxylic acids is 3. The number of aryl methyl sites for hydroxylation is 1. The van der Waals surface area contributed by atoms with E-state index in [-0.39, 0.29) is 18.4 Å². The molecule has 1 atom stereocenters. The number of nitrogens with zero attached hydrogens (tertiary/aromatic N) is 1. The maximum absolute atomic E-state index is 13.0. The average Bonchev–Trinajstić information content (AvgIpc) is 3.20. The number of thioether (sulfide) groups is 1. The number of urea groups is 1. The predicted octanol–water partition coefficient (Wildman–Crippen LogP) is 2.29. The fourth-order valence-electron chi connectivity index (χ4n) is 3.81. The Labute approximate surface area is 167 Å². The Morgan fingerprint density at radius 3 is 2.68 bits per heavy atom. The molecule has 0 unspecified atom stereocenters. The summed E-state index contributed by atoms with van der Waals surface area (Å²) in [5.41, 5.74) is 0.896. The van der Waals surface area contributed by atoms with E-state index in [0.717, 1.165) is 27.3 Å². The van der Waals surface area contributed by atoms with E-state index in [1.165, 1.54) is 0 Å². The summed E-state index contributed by atoms with van der Waals surface area (Å²) in [4.78, 5) is 39.8. The first-order valence-electron chi connectivity index (χ1n) is 9.27. The van der Waals surface area contributed by atoms with Gasteiger partial charge in [-0.2, -0.15) is 0 Å². The number of benzene rings is 2. The van der Waals surface area contributed by atoms with Crippen LogP contribution in [0.4, 0.5) is 4.79 Å². The standard InChI is InChI=1S/C21H21N3O3S/c25-18(22-12-13-28-16-7-2-1-3-8-16)14-24-19(26)21(23-20(24)27)11-10-15-6-4-5-9-17(15)21/h1-9H,10-14H2,(H,22,25)(H,23,27)/t21-/m1/s1. The third-order valence-corrected chi connectivity index (χ3v) is 6.17. The number of fused-ring (bicyclic) bond motifs is 2. The van der Waals surface area contributed by atoms with Crippen LogP contribution in [-0.4, -0.2) is 41.6 Å². The fourth-order valence-corrected chi connectivity index (χ4v) is 4.60. The van der Waals surface area contributed by atoms with Crippen LogP contribution in [0.25, 0.3) is 0 Å². The molecule has 0 saturated carbocycles. The van der Waals surface area contributed by atoms with E-state index in [4.69, 9.17) is 0 Å². The molecule has 1 fully saturated rings. The van der Waals surface area contributed by atoms with Gasteiger partial charge in [-0.05, 0) is 36.1 Å². The van der Waals surface area contributed by atoms with Crippen LogP contribution in [-0.2, 0) is 21.5 Å². The molecule has 2 N–H and O–H groups in total. The molecule has 0 bridgehead atoms. The molecule has 7 heteroatoms. The normalized spacial score (nSPS) is 20.4. The second kappa shape index (κ2) is 7.67. The highest BCUT2D eigenvalue weighted by atomic mass is 32.2. The quantitative estimate of drug-likeness (QED) is 0.447. The Hall–Kier alpha value is -2.80. The SMILES string of the molecule is O=C(CN1C(=O)N[C@@]2(CCc3ccccc32)C1=O)NCCSc1ccccc1. The second-order valence-electron chi connectivity index (χ2n) is 6.90. The predicted molar refractivity (Wildman–Crippen MR) is 107 cm³/mol. The van der Waals surface area contributed by atoms with Gasteiger partial charge < -0.3 is 10.6 Å². The number of hydrogen-bond acceptors (Lipinski definition) is 4. The molecule has 1 aliphatic heterocycles. The third-order valence-electron chi connectivity index (χ3n) is 5.16. The Bertz CT molecular complexity index is 918. The van der Waals surface area contributed by atoms with Gasteiger partial charge in [0.2, 0.25) is 5.91 Å². The van der Waals surface area contributed by atoms with Gasteiger partial charge >= 0.3 is 6.03 Å². The minimum absolute atomic E-state index is 0.259. The maximum atomic E-state index is 13.0. The number of amides is 4. The van der Waals surface area contributed by atoms with Crippen LogP contribution < -0.4 is 10.6 Å². The number of rotatable bonds is 6. The third kappa shape index (κ3) is 3.38. The molecule has 28 heavy (non-hydrogen) atoms. The smallest absolute Gasteiger partial charge is 0.325 e. The Balaban J connectivity index is 1.33. The molecular weight excluding hydrogens is 374 g/mol. The lowest BCUT2D eigenvalue weighted by Gasteiger charge is -2.22. The summed E-state index contributed by atoms with van der Waals surface area (Å²) in [6.45, 7) is 0.209. The van der Waals surface area contributed by atoms with Gasteiger partial charge in [-0.3, -0.25) is 14.5 Å². The van der Waals surface area contributed by atoms with Crippen LogP contribution in [0.1, 0.15) is 17.5 Å². The van der Waals surface area contributed by atoms with E-state index in [1.807, 2.05) is 54.6 Å². The van der Waals surface area contributed by atoms with Crippen molar-refractivity contribution >= 4 is 29.6 Å². The molecule has 1 spiro atoms. The van der Waals surface area contributed by atoms with Gasteiger partial charge in [0.25, 0.3) is 5.91 Å². The summed E-state index contributed by atoms with van der Waals surface area (Å²) in [6, 6.07) is 17.1. The maximum Gasteiger partial charge on any atom is 0.325 e. The van der Waals surface area contributed by atoms with Crippen molar-refractivity contribution in [2.45, 2.75) is 23.3 Å². The second-order valence-corrected chi connectivity index (χ2v) is 8.06. The molecule has 4 rings (SSSR count). The van der Waals surface area contributed by atoms with Crippen LogP contribution in [0.2, 0.25) is 0 Å². The molecule has 1 saturated heterocycles. The van der Waals surface area contributed by atoms with E-state index in [2.05, 4.69) is 10.6 Å².